The molecule has 0 aliphatic carbocycles. The lowest BCUT2D eigenvalue weighted by Crippen LogP contribution is -2.39. The minimum absolute atomic E-state index is 0.951. The molecule has 0 spiro atoms. The zero-order valence-electron chi connectivity index (χ0n) is 3.89. The summed E-state index contributed by atoms with van der Waals surface area (Å²) in [5.74, 6) is 0. The number of aliphatic hydroxyl groups is 1. The first-order chi connectivity index (χ1) is 3.12. The molecule has 42 valence electrons. The lowest BCUT2D eigenvalue weighted by Gasteiger charge is -2.10. The van der Waals surface area contributed by atoms with Crippen LogP contribution in [0.2, 0.25) is 0 Å². The van der Waals surface area contributed by atoms with Crippen LogP contribution in [0.3, 0.4) is 0 Å². The van der Waals surface area contributed by atoms with Gasteiger partial charge in [-0.1, -0.05) is 6.58 Å². The number of halogens is 1. The molecule has 0 aliphatic rings. The highest BCUT2D eigenvalue weighted by Crippen LogP contribution is 1.93. The first kappa shape index (κ1) is 6.59. The van der Waals surface area contributed by atoms with Crippen LogP contribution >= 0.6 is 0 Å². The van der Waals surface area contributed by atoms with Gasteiger partial charge in [0.05, 0.1) is 0 Å². The van der Waals surface area contributed by atoms with Crippen LogP contribution in [0, 0.1) is 0 Å². The predicted octanol–water partition coefficient (Wildman–Crippen LogP) is -0.211. The Bertz CT molecular complexity index is 72.1. The monoisotopic (exact) mass is 105 g/mol. The van der Waals surface area contributed by atoms with Crippen LogP contribution in [0.25, 0.3) is 0 Å². The largest absolute Gasteiger partial charge is 0.370 e. The molecule has 0 aromatic heterocycles. The van der Waals surface area contributed by atoms with Crippen LogP contribution in [0.15, 0.2) is 12.7 Å². The number of hydrogen-bond acceptors (Lipinski definition) is 2. The molecule has 0 saturated carbocycles. The second kappa shape index (κ2) is 2.04. The van der Waals surface area contributed by atoms with Gasteiger partial charge in [-0.3, -0.25) is 5.73 Å². The van der Waals surface area contributed by atoms with E-state index >= 15 is 0 Å². The molecule has 1 atom stereocenters. The van der Waals surface area contributed by atoms with Gasteiger partial charge in [0.1, 0.15) is 6.67 Å². The van der Waals surface area contributed by atoms with Crippen molar-refractivity contribution in [1.29, 1.82) is 0 Å². The summed E-state index contributed by atoms with van der Waals surface area (Å²) in [7, 11) is 0. The molecule has 0 aliphatic heterocycles. The second-order valence-corrected chi connectivity index (χ2v) is 1.33. The van der Waals surface area contributed by atoms with Crippen molar-refractivity contribution in [3.63, 3.8) is 0 Å². The Kier molecular flexibility index (Phi) is 1.92. The predicted molar refractivity (Wildman–Crippen MR) is 25.3 cm³/mol. The van der Waals surface area contributed by atoms with E-state index in [1.165, 1.54) is 0 Å². The summed E-state index contributed by atoms with van der Waals surface area (Å²) in [4.78, 5) is 0. The van der Waals surface area contributed by atoms with Crippen LogP contribution in [0.1, 0.15) is 0 Å². The van der Waals surface area contributed by atoms with Gasteiger partial charge in [0.25, 0.3) is 0 Å². The smallest absolute Gasteiger partial charge is 0.161 e. The van der Waals surface area contributed by atoms with Crippen LogP contribution in [0.4, 0.5) is 4.39 Å². The highest BCUT2D eigenvalue weighted by atomic mass is 19.1. The average molecular weight is 105 g/mol. The van der Waals surface area contributed by atoms with E-state index in [1.807, 2.05) is 0 Å². The van der Waals surface area contributed by atoms with Crippen molar-refractivity contribution < 1.29 is 9.50 Å². The van der Waals surface area contributed by atoms with Crippen molar-refractivity contribution in [3.05, 3.63) is 12.7 Å². The van der Waals surface area contributed by atoms with E-state index in [0.717, 1.165) is 6.08 Å². The zero-order valence-corrected chi connectivity index (χ0v) is 3.89. The van der Waals surface area contributed by atoms with Crippen molar-refractivity contribution in [1.82, 2.24) is 0 Å². The average Bonchev–Trinajstić information content (AvgIpc) is 1.68. The molecule has 3 N–H and O–H groups in total. The summed E-state index contributed by atoms with van der Waals surface area (Å²) < 4.78 is 11.3. The van der Waals surface area contributed by atoms with E-state index in [4.69, 9.17) is 10.8 Å². The molecule has 0 fully saturated rings. The summed E-state index contributed by atoms with van der Waals surface area (Å²) in [6.07, 6.45) is 0.951. The highest BCUT2D eigenvalue weighted by molar-refractivity contribution is 4.89. The van der Waals surface area contributed by atoms with Crippen molar-refractivity contribution in [2.24, 2.45) is 5.73 Å². The fraction of sp³-hybridized carbons (Fsp3) is 0.500. The third-order valence-electron chi connectivity index (χ3n) is 0.568. The van der Waals surface area contributed by atoms with E-state index in [0.29, 0.717) is 0 Å². The molecule has 0 aromatic carbocycles. The maximum Gasteiger partial charge on any atom is 0.161 e. The highest BCUT2D eigenvalue weighted by Gasteiger charge is 2.13. The van der Waals surface area contributed by atoms with Gasteiger partial charge >= 0.3 is 0 Å². The molecular formula is C4H8FNO. The van der Waals surface area contributed by atoms with E-state index < -0.39 is 12.4 Å². The Morgan fingerprint density at radius 2 is 2.43 bits per heavy atom. The van der Waals surface area contributed by atoms with Crippen molar-refractivity contribution in [2.75, 3.05) is 6.67 Å². The normalized spacial score (nSPS) is 18.1. The van der Waals surface area contributed by atoms with Crippen LogP contribution in [0.5, 0.6) is 0 Å². The molecule has 0 amide bonds. The number of alkyl halides is 1. The van der Waals surface area contributed by atoms with Gasteiger partial charge in [0.15, 0.2) is 5.72 Å². The van der Waals surface area contributed by atoms with Gasteiger partial charge in [-0.15, -0.1) is 0 Å². The topological polar surface area (TPSA) is 46.2 Å². The van der Waals surface area contributed by atoms with Gasteiger partial charge in [-0.25, -0.2) is 4.39 Å². The molecule has 0 saturated heterocycles. The standard InChI is InChI=1S/C4H8FNO/c1-2-4(6,7)3-5/h2,7H,1,3,6H2. The minimum atomic E-state index is -1.82. The van der Waals surface area contributed by atoms with Crippen molar-refractivity contribution in [2.45, 2.75) is 5.72 Å². The molecule has 7 heavy (non-hydrogen) atoms. The van der Waals surface area contributed by atoms with Crippen LogP contribution in [-0.2, 0) is 0 Å². The zero-order chi connectivity index (χ0) is 5.91. The Balaban J connectivity index is 3.58. The first-order valence-electron chi connectivity index (χ1n) is 1.83. The fourth-order valence-corrected chi connectivity index (χ4v) is 0.0546. The number of hydrogen-bond donors (Lipinski definition) is 2. The summed E-state index contributed by atoms with van der Waals surface area (Å²) in [5.41, 5.74) is 2.96. The Labute approximate surface area is 41.4 Å². The van der Waals surface area contributed by atoms with Gasteiger partial charge in [-0.05, 0) is 6.08 Å². The van der Waals surface area contributed by atoms with Gasteiger partial charge < -0.3 is 5.11 Å². The van der Waals surface area contributed by atoms with Crippen molar-refractivity contribution in [3.8, 4) is 0 Å². The lowest BCUT2D eigenvalue weighted by atomic mass is 10.3. The summed E-state index contributed by atoms with van der Waals surface area (Å²) in [5, 5.41) is 8.42. The van der Waals surface area contributed by atoms with Gasteiger partial charge in [0.2, 0.25) is 0 Å². The second-order valence-electron chi connectivity index (χ2n) is 1.33. The molecule has 3 heteroatoms. The van der Waals surface area contributed by atoms with Gasteiger partial charge in [-0.2, -0.15) is 0 Å². The Hall–Kier alpha value is -0.410. The van der Waals surface area contributed by atoms with Crippen LogP contribution in [-0.4, -0.2) is 17.5 Å². The summed E-state index contributed by atoms with van der Waals surface area (Å²) in [6, 6.07) is 0. The third-order valence-corrected chi connectivity index (χ3v) is 0.568. The third kappa shape index (κ3) is 2.31. The minimum Gasteiger partial charge on any atom is -0.370 e. The molecule has 0 rings (SSSR count). The summed E-state index contributed by atoms with van der Waals surface area (Å²) >= 11 is 0. The number of nitrogens with two attached hydrogens (primary N) is 1. The van der Waals surface area contributed by atoms with Crippen molar-refractivity contribution >= 4 is 0 Å². The molecule has 0 heterocycles. The molecule has 2 nitrogen and oxygen atoms in total. The molecule has 0 bridgehead atoms. The molecule has 0 aromatic rings. The Morgan fingerprint density at radius 1 is 2.00 bits per heavy atom. The fourth-order valence-electron chi connectivity index (χ4n) is 0.0546. The summed E-state index contributed by atoms with van der Waals surface area (Å²) in [6.45, 7) is 2.10. The van der Waals surface area contributed by atoms with E-state index in [-0.39, 0.29) is 0 Å². The van der Waals surface area contributed by atoms with Gasteiger partial charge in [0, 0.05) is 0 Å². The first-order valence-corrected chi connectivity index (χ1v) is 1.83. The van der Waals surface area contributed by atoms with E-state index in [2.05, 4.69) is 6.58 Å². The molecular weight excluding hydrogens is 97.0 g/mol. The maximum absolute atomic E-state index is 11.3. The quantitative estimate of drug-likeness (QED) is 0.377. The molecule has 0 radical (unpaired) electrons. The lowest BCUT2D eigenvalue weighted by molar-refractivity contribution is 0.0691. The van der Waals surface area contributed by atoms with E-state index in [1.54, 1.807) is 0 Å². The maximum atomic E-state index is 11.3. The molecule has 1 unspecified atom stereocenters. The SMILES string of the molecule is C=CC(N)(O)CF. The Morgan fingerprint density at radius 3 is 2.43 bits per heavy atom. The van der Waals surface area contributed by atoms with Crippen LogP contribution < -0.4 is 5.73 Å². The number of rotatable bonds is 2. The van der Waals surface area contributed by atoms with E-state index in [9.17, 15) is 4.39 Å².